The van der Waals surface area contributed by atoms with Gasteiger partial charge in [0, 0.05) is 12.1 Å². The first-order chi connectivity index (χ1) is 10.5. The Hall–Kier alpha value is -0.910. The molecule has 0 heterocycles. The second kappa shape index (κ2) is 12.5. The van der Waals surface area contributed by atoms with E-state index in [0.717, 1.165) is 12.8 Å². The first kappa shape index (κ1) is 22.1. The van der Waals surface area contributed by atoms with E-state index in [-0.39, 0.29) is 41.0 Å². The number of unbranched alkanes of at least 4 members (excludes halogenated alkanes) is 2. The summed E-state index contributed by atoms with van der Waals surface area (Å²) in [4.78, 5) is 22.3. The molecule has 1 N–H and O–H groups in total. The predicted molar refractivity (Wildman–Crippen MR) is 82.3 cm³/mol. The average molecular weight is 331 g/mol. The third-order valence-corrected chi connectivity index (χ3v) is 3.45. The SMILES string of the molecule is CCCCC(F)CCCCC(=O)Nc1ccc(C(=O)[O-])cc1.[Na+]. The molecule has 0 aromatic heterocycles. The summed E-state index contributed by atoms with van der Waals surface area (Å²) >= 11 is 0. The summed E-state index contributed by atoms with van der Waals surface area (Å²) in [7, 11) is 0. The zero-order chi connectivity index (χ0) is 16.4. The molecule has 0 aliphatic rings. The van der Waals surface area contributed by atoms with Gasteiger partial charge in [-0.3, -0.25) is 4.79 Å². The quantitative estimate of drug-likeness (QED) is 0.488. The maximum Gasteiger partial charge on any atom is 1.00 e. The van der Waals surface area contributed by atoms with E-state index in [2.05, 4.69) is 5.32 Å². The average Bonchev–Trinajstić information content (AvgIpc) is 2.50. The molecule has 0 saturated carbocycles. The maximum absolute atomic E-state index is 13.4. The number of halogens is 1. The Morgan fingerprint density at radius 3 is 2.30 bits per heavy atom. The Morgan fingerprint density at radius 1 is 1.13 bits per heavy atom. The van der Waals surface area contributed by atoms with E-state index in [4.69, 9.17) is 0 Å². The minimum absolute atomic E-state index is 0. The van der Waals surface area contributed by atoms with Crippen LogP contribution in [0.3, 0.4) is 0 Å². The van der Waals surface area contributed by atoms with Gasteiger partial charge in [0.25, 0.3) is 0 Å². The molecule has 1 aromatic rings. The first-order valence-corrected chi connectivity index (χ1v) is 7.78. The summed E-state index contributed by atoms with van der Waals surface area (Å²) in [5.41, 5.74) is 0.611. The molecule has 0 bridgehead atoms. The topological polar surface area (TPSA) is 69.2 Å². The molecule has 0 spiro atoms. The molecular formula is C17H23FNNaO3. The van der Waals surface area contributed by atoms with Gasteiger partial charge in [0.05, 0.1) is 5.97 Å². The fraction of sp³-hybridized carbons (Fsp3) is 0.529. The Morgan fingerprint density at radius 2 is 1.74 bits per heavy atom. The number of hydrogen-bond donors (Lipinski definition) is 1. The van der Waals surface area contributed by atoms with Crippen LogP contribution in [0.4, 0.5) is 10.1 Å². The summed E-state index contributed by atoms with van der Waals surface area (Å²) < 4.78 is 13.4. The van der Waals surface area contributed by atoms with E-state index >= 15 is 0 Å². The van der Waals surface area contributed by atoms with Crippen LogP contribution < -0.4 is 40.0 Å². The van der Waals surface area contributed by atoms with Crippen molar-refractivity contribution in [2.45, 2.75) is 58.0 Å². The number of carboxylic acids is 1. The molecule has 0 saturated heterocycles. The van der Waals surface area contributed by atoms with Crippen molar-refractivity contribution < 1.29 is 48.6 Å². The van der Waals surface area contributed by atoms with Crippen LogP contribution in [0.25, 0.3) is 0 Å². The van der Waals surface area contributed by atoms with E-state index < -0.39 is 12.1 Å². The second-order valence-corrected chi connectivity index (χ2v) is 5.40. The van der Waals surface area contributed by atoms with Crippen LogP contribution in [-0.4, -0.2) is 18.0 Å². The monoisotopic (exact) mass is 331 g/mol. The van der Waals surface area contributed by atoms with Crippen molar-refractivity contribution in [1.29, 1.82) is 0 Å². The second-order valence-electron chi connectivity index (χ2n) is 5.40. The fourth-order valence-electron chi connectivity index (χ4n) is 2.13. The summed E-state index contributed by atoms with van der Waals surface area (Å²) in [6.45, 7) is 2.04. The van der Waals surface area contributed by atoms with Crippen molar-refractivity contribution in [3.05, 3.63) is 29.8 Å². The molecule has 4 nitrogen and oxygen atoms in total. The summed E-state index contributed by atoms with van der Waals surface area (Å²) in [6.07, 6.45) is 3.93. The molecule has 122 valence electrons. The molecule has 1 aromatic carbocycles. The minimum Gasteiger partial charge on any atom is -0.545 e. The minimum atomic E-state index is -1.25. The van der Waals surface area contributed by atoms with Crippen molar-refractivity contribution in [3.8, 4) is 0 Å². The fourth-order valence-corrected chi connectivity index (χ4v) is 2.13. The molecule has 1 unspecified atom stereocenters. The van der Waals surface area contributed by atoms with Crippen molar-refractivity contribution in [2.75, 3.05) is 5.32 Å². The number of alkyl halides is 1. The van der Waals surface area contributed by atoms with Gasteiger partial charge in [-0.2, -0.15) is 0 Å². The molecule has 0 aliphatic carbocycles. The third-order valence-electron chi connectivity index (χ3n) is 3.45. The third kappa shape index (κ3) is 9.74. The number of amides is 1. The van der Waals surface area contributed by atoms with Crippen LogP contribution >= 0.6 is 0 Å². The van der Waals surface area contributed by atoms with Gasteiger partial charge in [-0.15, -0.1) is 0 Å². The number of benzene rings is 1. The van der Waals surface area contributed by atoms with E-state index in [1.54, 1.807) is 0 Å². The Kier molecular flexibility index (Phi) is 12.0. The van der Waals surface area contributed by atoms with Gasteiger partial charge < -0.3 is 15.2 Å². The van der Waals surface area contributed by atoms with Crippen molar-refractivity contribution in [3.63, 3.8) is 0 Å². The molecule has 0 radical (unpaired) electrons. The molecule has 0 aliphatic heterocycles. The van der Waals surface area contributed by atoms with Crippen LogP contribution in [0.2, 0.25) is 0 Å². The maximum atomic E-state index is 13.4. The van der Waals surface area contributed by atoms with Crippen molar-refractivity contribution in [2.24, 2.45) is 0 Å². The standard InChI is InChI=1S/C17H24FNO3.Na/c1-2-3-6-14(18)7-4-5-8-16(20)19-15-11-9-13(10-12-15)17(21)22;/h9-12,14H,2-8H2,1H3,(H,19,20)(H,21,22);/q;+1/p-1. The number of carbonyl (C=O) groups is 2. The molecule has 23 heavy (non-hydrogen) atoms. The van der Waals surface area contributed by atoms with E-state index in [1.807, 2.05) is 6.92 Å². The largest absolute Gasteiger partial charge is 1.00 e. The smallest absolute Gasteiger partial charge is 0.545 e. The number of rotatable bonds is 10. The normalized spacial score (nSPS) is 11.4. The number of hydrogen-bond acceptors (Lipinski definition) is 3. The zero-order valence-electron chi connectivity index (χ0n) is 13.9. The Labute approximate surface area is 159 Å². The summed E-state index contributed by atoms with van der Waals surface area (Å²) in [6, 6.07) is 5.80. The van der Waals surface area contributed by atoms with E-state index in [0.29, 0.717) is 37.8 Å². The van der Waals surface area contributed by atoms with E-state index in [9.17, 15) is 19.1 Å². The Bertz CT molecular complexity index is 479. The van der Waals surface area contributed by atoms with Gasteiger partial charge >= 0.3 is 29.6 Å². The van der Waals surface area contributed by atoms with Crippen molar-refractivity contribution in [1.82, 2.24) is 0 Å². The first-order valence-electron chi connectivity index (χ1n) is 7.78. The van der Waals surface area contributed by atoms with Crippen LogP contribution in [0.15, 0.2) is 24.3 Å². The predicted octanol–water partition coefficient (Wildman–Crippen LogP) is 0.0813. The van der Waals surface area contributed by atoms with Crippen LogP contribution in [0.1, 0.15) is 62.2 Å². The van der Waals surface area contributed by atoms with Crippen LogP contribution in [0.5, 0.6) is 0 Å². The summed E-state index contributed by atoms with van der Waals surface area (Å²) in [5.74, 6) is -1.40. The molecule has 1 atom stereocenters. The molecule has 1 amide bonds. The molecule has 6 heteroatoms. The zero-order valence-corrected chi connectivity index (χ0v) is 15.9. The summed E-state index contributed by atoms with van der Waals surface area (Å²) in [5, 5.41) is 13.3. The van der Waals surface area contributed by atoms with Crippen LogP contribution in [0, 0.1) is 0 Å². The Balaban J connectivity index is 0.00000484. The number of aromatic carboxylic acids is 1. The van der Waals surface area contributed by atoms with Gasteiger partial charge in [-0.05, 0) is 37.0 Å². The molecule has 1 rings (SSSR count). The van der Waals surface area contributed by atoms with Gasteiger partial charge in [0.15, 0.2) is 0 Å². The number of nitrogens with one attached hydrogen (secondary N) is 1. The number of carboxylic acid groups (broad SMARTS) is 1. The molecule has 0 fully saturated rings. The van der Waals surface area contributed by atoms with Gasteiger partial charge in [-0.25, -0.2) is 4.39 Å². The van der Waals surface area contributed by atoms with Gasteiger partial charge in [0.1, 0.15) is 6.17 Å². The van der Waals surface area contributed by atoms with Crippen molar-refractivity contribution >= 4 is 17.6 Å². The number of carbonyl (C=O) groups excluding carboxylic acids is 2. The van der Waals surface area contributed by atoms with Gasteiger partial charge in [-0.1, -0.05) is 38.3 Å². The number of anilines is 1. The van der Waals surface area contributed by atoms with Crippen LogP contribution in [-0.2, 0) is 4.79 Å². The molecular weight excluding hydrogens is 308 g/mol. The van der Waals surface area contributed by atoms with Gasteiger partial charge in [0.2, 0.25) is 5.91 Å². The van der Waals surface area contributed by atoms with E-state index in [1.165, 1.54) is 24.3 Å².